The fourth-order valence-corrected chi connectivity index (χ4v) is 4.02. The molecule has 4 nitrogen and oxygen atoms in total. The average molecular weight is 437 g/mol. The largest absolute Gasteiger partial charge is 0.355 e. The molecule has 0 aromatic heterocycles. The molecule has 0 saturated carbocycles. The van der Waals surface area contributed by atoms with Crippen molar-refractivity contribution in [3.05, 3.63) is 82.9 Å². The first-order valence-electron chi connectivity index (χ1n) is 10.8. The number of halogens is 1. The van der Waals surface area contributed by atoms with Crippen LogP contribution in [0.15, 0.2) is 66.7 Å². The van der Waals surface area contributed by atoms with Gasteiger partial charge in [-0.05, 0) is 53.8 Å². The molecule has 0 heterocycles. The van der Waals surface area contributed by atoms with Crippen LogP contribution in [0.2, 0.25) is 5.02 Å². The predicted octanol–water partition coefficient (Wildman–Crippen LogP) is 5.37. The zero-order chi connectivity index (χ0) is 22.2. The molecule has 0 unspecified atom stereocenters. The van der Waals surface area contributed by atoms with Gasteiger partial charge in [0.1, 0.15) is 6.04 Å². The summed E-state index contributed by atoms with van der Waals surface area (Å²) in [5, 5.41) is 5.85. The van der Waals surface area contributed by atoms with Crippen molar-refractivity contribution < 1.29 is 9.59 Å². The molecule has 0 aliphatic rings. The zero-order valence-corrected chi connectivity index (χ0v) is 18.9. The minimum absolute atomic E-state index is 0.0269. The fourth-order valence-electron chi connectivity index (χ4n) is 3.89. The molecule has 2 amide bonds. The summed E-state index contributed by atoms with van der Waals surface area (Å²) in [7, 11) is 0. The number of hydrogen-bond donors (Lipinski definition) is 1. The second-order valence-corrected chi connectivity index (χ2v) is 8.04. The van der Waals surface area contributed by atoms with E-state index in [-0.39, 0.29) is 11.8 Å². The van der Waals surface area contributed by atoms with Crippen LogP contribution in [0.3, 0.4) is 0 Å². The lowest BCUT2D eigenvalue weighted by atomic mass is 10.00. The second-order valence-electron chi connectivity index (χ2n) is 7.61. The molecule has 31 heavy (non-hydrogen) atoms. The number of amides is 2. The zero-order valence-electron chi connectivity index (χ0n) is 18.1. The Morgan fingerprint density at radius 1 is 0.968 bits per heavy atom. The first kappa shape index (κ1) is 22.8. The van der Waals surface area contributed by atoms with E-state index >= 15 is 0 Å². The van der Waals surface area contributed by atoms with E-state index in [1.54, 1.807) is 4.90 Å². The maximum absolute atomic E-state index is 13.4. The highest BCUT2D eigenvalue weighted by Gasteiger charge is 2.28. The number of benzene rings is 3. The molecule has 0 bridgehead atoms. The Kier molecular flexibility index (Phi) is 8.07. The van der Waals surface area contributed by atoms with Crippen molar-refractivity contribution in [1.29, 1.82) is 0 Å². The van der Waals surface area contributed by atoms with Crippen LogP contribution in [0.1, 0.15) is 37.8 Å². The lowest BCUT2D eigenvalue weighted by molar-refractivity contribution is -0.141. The minimum atomic E-state index is -0.504. The highest BCUT2D eigenvalue weighted by Crippen LogP contribution is 2.21. The molecule has 0 aliphatic carbocycles. The quantitative estimate of drug-likeness (QED) is 0.490. The van der Waals surface area contributed by atoms with E-state index in [0.717, 1.165) is 16.5 Å². The normalized spacial score (nSPS) is 11.8. The van der Waals surface area contributed by atoms with E-state index in [1.807, 2.05) is 56.3 Å². The van der Waals surface area contributed by atoms with Crippen molar-refractivity contribution in [3.8, 4) is 0 Å². The molecule has 0 saturated heterocycles. The van der Waals surface area contributed by atoms with Gasteiger partial charge in [-0.25, -0.2) is 0 Å². The molecule has 3 aromatic carbocycles. The van der Waals surface area contributed by atoms with Crippen LogP contribution >= 0.6 is 11.6 Å². The van der Waals surface area contributed by atoms with Crippen LogP contribution in [-0.4, -0.2) is 29.3 Å². The van der Waals surface area contributed by atoms with Crippen LogP contribution in [0.25, 0.3) is 10.8 Å². The number of fused-ring (bicyclic) bond motifs is 1. The molecule has 1 N–H and O–H groups in total. The van der Waals surface area contributed by atoms with E-state index in [1.165, 1.54) is 5.39 Å². The Labute approximate surface area is 189 Å². The van der Waals surface area contributed by atoms with Crippen molar-refractivity contribution in [2.45, 2.75) is 45.7 Å². The van der Waals surface area contributed by atoms with Crippen LogP contribution in [-0.2, 0) is 22.6 Å². The summed E-state index contributed by atoms with van der Waals surface area (Å²) < 4.78 is 0. The van der Waals surface area contributed by atoms with Gasteiger partial charge in [0.05, 0.1) is 0 Å². The summed E-state index contributed by atoms with van der Waals surface area (Å²) in [5.41, 5.74) is 2.09. The van der Waals surface area contributed by atoms with Gasteiger partial charge in [0.25, 0.3) is 0 Å². The smallest absolute Gasteiger partial charge is 0.242 e. The van der Waals surface area contributed by atoms with Gasteiger partial charge in [-0.15, -0.1) is 0 Å². The number of rotatable bonds is 9. The lowest BCUT2D eigenvalue weighted by Gasteiger charge is -2.30. The molecule has 3 aromatic rings. The number of nitrogens with zero attached hydrogens (tertiary/aromatic N) is 1. The first-order valence-corrected chi connectivity index (χ1v) is 11.2. The van der Waals surface area contributed by atoms with Crippen LogP contribution in [0.5, 0.6) is 0 Å². The maximum Gasteiger partial charge on any atom is 0.242 e. The third-order valence-electron chi connectivity index (χ3n) is 5.49. The average Bonchev–Trinajstić information content (AvgIpc) is 2.78. The summed E-state index contributed by atoms with van der Waals surface area (Å²) in [6.45, 7) is 4.73. The summed E-state index contributed by atoms with van der Waals surface area (Å²) in [6.07, 6.45) is 1.53. The fraction of sp³-hybridized carbons (Fsp3) is 0.308. The van der Waals surface area contributed by atoms with E-state index in [2.05, 4.69) is 29.6 Å². The standard InChI is InChI=1S/C26H29ClN2O2/c1-3-24(26(31)28-4-2)29(18-19-12-15-22(27)16-13-19)25(30)17-14-21-10-7-9-20-8-5-6-11-23(20)21/h5-13,15-16,24H,3-4,14,17-18H2,1-2H3,(H,28,31)/t24-/m1/s1. The highest BCUT2D eigenvalue weighted by molar-refractivity contribution is 6.30. The van der Waals surface area contributed by atoms with Crippen molar-refractivity contribution in [2.75, 3.05) is 6.54 Å². The van der Waals surface area contributed by atoms with Crippen LogP contribution in [0.4, 0.5) is 0 Å². The van der Waals surface area contributed by atoms with Gasteiger partial charge >= 0.3 is 0 Å². The van der Waals surface area contributed by atoms with Crippen molar-refractivity contribution in [3.63, 3.8) is 0 Å². The Morgan fingerprint density at radius 2 is 1.68 bits per heavy atom. The third-order valence-corrected chi connectivity index (χ3v) is 5.74. The number of carbonyl (C=O) groups excluding carboxylic acids is 2. The van der Waals surface area contributed by atoms with Gasteiger partial charge in [0.2, 0.25) is 11.8 Å². The molecular formula is C26H29ClN2O2. The molecular weight excluding hydrogens is 408 g/mol. The summed E-state index contributed by atoms with van der Waals surface area (Å²) >= 11 is 6.01. The molecule has 0 spiro atoms. The van der Waals surface area contributed by atoms with Gasteiger partial charge in [0.15, 0.2) is 0 Å². The van der Waals surface area contributed by atoms with E-state index < -0.39 is 6.04 Å². The molecule has 3 rings (SSSR count). The Balaban J connectivity index is 1.81. The van der Waals surface area contributed by atoms with Crippen LogP contribution < -0.4 is 5.32 Å². The number of aryl methyl sites for hydroxylation is 1. The molecule has 0 fully saturated rings. The van der Waals surface area contributed by atoms with Gasteiger partial charge in [-0.3, -0.25) is 9.59 Å². The topological polar surface area (TPSA) is 49.4 Å². The molecule has 1 atom stereocenters. The summed E-state index contributed by atoms with van der Waals surface area (Å²) in [4.78, 5) is 27.7. The predicted molar refractivity (Wildman–Crippen MR) is 127 cm³/mol. The highest BCUT2D eigenvalue weighted by atomic mass is 35.5. The maximum atomic E-state index is 13.4. The SMILES string of the molecule is CCNC(=O)[C@@H](CC)N(Cc1ccc(Cl)cc1)C(=O)CCc1cccc2ccccc12. The third kappa shape index (κ3) is 5.86. The number of hydrogen-bond acceptors (Lipinski definition) is 2. The Hall–Kier alpha value is -2.85. The first-order chi connectivity index (χ1) is 15.0. The van der Waals surface area contributed by atoms with Gasteiger partial charge < -0.3 is 10.2 Å². The lowest BCUT2D eigenvalue weighted by Crippen LogP contribution is -2.49. The summed E-state index contributed by atoms with van der Waals surface area (Å²) in [6, 6.07) is 21.3. The Bertz CT molecular complexity index is 1030. The van der Waals surface area contributed by atoms with Gasteiger partial charge in [-0.1, -0.05) is 73.1 Å². The van der Waals surface area contributed by atoms with E-state index in [9.17, 15) is 9.59 Å². The van der Waals surface area contributed by atoms with Crippen LogP contribution in [0, 0.1) is 0 Å². The van der Waals surface area contributed by atoms with E-state index in [4.69, 9.17) is 11.6 Å². The number of nitrogens with one attached hydrogen (secondary N) is 1. The Morgan fingerprint density at radius 3 is 2.39 bits per heavy atom. The molecule has 0 aliphatic heterocycles. The van der Waals surface area contributed by atoms with Crippen molar-refractivity contribution in [1.82, 2.24) is 10.2 Å². The van der Waals surface area contributed by atoms with Gasteiger partial charge in [0, 0.05) is 24.5 Å². The number of carbonyl (C=O) groups is 2. The monoisotopic (exact) mass is 436 g/mol. The molecule has 162 valence electrons. The molecule has 5 heteroatoms. The minimum Gasteiger partial charge on any atom is -0.355 e. The summed E-state index contributed by atoms with van der Waals surface area (Å²) in [5.74, 6) is -0.140. The second kappa shape index (κ2) is 11.0. The van der Waals surface area contributed by atoms with Crippen molar-refractivity contribution >= 4 is 34.2 Å². The molecule has 0 radical (unpaired) electrons. The van der Waals surface area contributed by atoms with E-state index in [0.29, 0.717) is 37.4 Å². The van der Waals surface area contributed by atoms with Gasteiger partial charge in [-0.2, -0.15) is 0 Å². The number of likely N-dealkylation sites (N-methyl/N-ethyl adjacent to an activating group) is 1. The van der Waals surface area contributed by atoms with Crippen molar-refractivity contribution in [2.24, 2.45) is 0 Å².